The minimum Gasteiger partial charge on any atom is -0.423 e. The van der Waals surface area contributed by atoms with Crippen LogP contribution in [0.5, 0.6) is 0 Å². The van der Waals surface area contributed by atoms with Crippen LogP contribution in [0.2, 0.25) is 0 Å². The van der Waals surface area contributed by atoms with E-state index in [0.717, 1.165) is 0 Å². The van der Waals surface area contributed by atoms with Crippen molar-refractivity contribution in [2.45, 2.75) is 0 Å². The molecule has 0 atom stereocenters. The summed E-state index contributed by atoms with van der Waals surface area (Å²) in [7, 11) is -1.48. The molecule has 0 spiro atoms. The molecular weight excluding hydrogens is 183 g/mol. The first-order chi connectivity index (χ1) is 6.65. The van der Waals surface area contributed by atoms with Crippen LogP contribution >= 0.6 is 0 Å². The molecule has 0 aliphatic heterocycles. The summed E-state index contributed by atoms with van der Waals surface area (Å²) in [5.41, 5.74) is 8.62. The Kier molecular flexibility index (Phi) is 3.46. The van der Waals surface area contributed by atoms with Gasteiger partial charge in [-0.3, -0.25) is 0 Å². The maximum absolute atomic E-state index is 8.82. The van der Waals surface area contributed by atoms with Gasteiger partial charge in [0.15, 0.2) is 5.84 Å². The van der Waals surface area contributed by atoms with E-state index in [-0.39, 0.29) is 5.84 Å². The number of amidine groups is 1. The lowest BCUT2D eigenvalue weighted by Crippen LogP contribution is -2.30. The van der Waals surface area contributed by atoms with E-state index in [0.29, 0.717) is 11.0 Å². The Labute approximate surface area is 81.3 Å². The molecule has 1 aromatic rings. The number of hydrazine groups is 1. The third kappa shape index (κ3) is 2.46. The summed E-state index contributed by atoms with van der Waals surface area (Å²) in [4.78, 5) is 0. The average Bonchev–Trinajstić information content (AvgIpc) is 2.18. The van der Waals surface area contributed by atoms with Gasteiger partial charge in [-0.25, -0.2) is 11.4 Å². The topological polar surface area (TPSA) is 117 Å². The highest BCUT2D eigenvalue weighted by molar-refractivity contribution is 6.58. The lowest BCUT2D eigenvalue weighted by Gasteiger charge is -2.02. The molecule has 0 aliphatic carbocycles. The zero-order valence-corrected chi connectivity index (χ0v) is 7.38. The first-order valence-electron chi connectivity index (χ1n) is 3.90. The van der Waals surface area contributed by atoms with E-state index in [2.05, 4.69) is 10.6 Å². The maximum atomic E-state index is 8.82. The van der Waals surface area contributed by atoms with E-state index in [9.17, 15) is 0 Å². The highest BCUT2D eigenvalue weighted by Crippen LogP contribution is 1.96. The van der Waals surface area contributed by atoms with Crippen LogP contribution in [0.4, 0.5) is 0 Å². The van der Waals surface area contributed by atoms with E-state index >= 15 is 0 Å². The lowest BCUT2D eigenvalue weighted by atomic mass is 9.80. The fourth-order valence-corrected chi connectivity index (χ4v) is 0.960. The van der Waals surface area contributed by atoms with E-state index in [1.807, 2.05) is 0 Å². The third-order valence-corrected chi connectivity index (χ3v) is 1.69. The zero-order chi connectivity index (χ0) is 10.6. The molecule has 0 bridgehead atoms. The fraction of sp³-hybridized carbons (Fsp3) is 0. The second-order valence-electron chi connectivity index (χ2n) is 2.62. The monoisotopic (exact) mass is 194 g/mol. The summed E-state index contributed by atoms with van der Waals surface area (Å²) >= 11 is 0. The maximum Gasteiger partial charge on any atom is 0.488 e. The molecule has 6 nitrogen and oxygen atoms in total. The van der Waals surface area contributed by atoms with Crippen molar-refractivity contribution < 1.29 is 10.0 Å². The summed E-state index contributed by atoms with van der Waals surface area (Å²) in [5.74, 6) is 5.18. The number of rotatable bonds is 3. The Morgan fingerprint density at radius 3 is 2.29 bits per heavy atom. The average molecular weight is 194 g/mol. The van der Waals surface area contributed by atoms with Crippen LogP contribution < -0.4 is 22.6 Å². The molecule has 0 unspecified atom stereocenters. The van der Waals surface area contributed by atoms with E-state index in [1.165, 1.54) is 0 Å². The van der Waals surface area contributed by atoms with Crippen molar-refractivity contribution in [3.05, 3.63) is 29.8 Å². The van der Waals surface area contributed by atoms with Gasteiger partial charge in [-0.1, -0.05) is 24.3 Å². The number of nitrogens with two attached hydrogens (primary N) is 2. The number of hydrazone groups is 1. The summed E-state index contributed by atoms with van der Waals surface area (Å²) in [5, 5.41) is 21.2. The molecule has 74 valence electrons. The molecule has 0 saturated heterocycles. The number of nitrogens with one attached hydrogen (secondary N) is 1. The Bertz CT molecular complexity index is 325. The second-order valence-corrected chi connectivity index (χ2v) is 2.62. The third-order valence-electron chi connectivity index (χ3n) is 1.69. The quantitative estimate of drug-likeness (QED) is 0.119. The van der Waals surface area contributed by atoms with Crippen molar-refractivity contribution in [1.29, 1.82) is 0 Å². The van der Waals surface area contributed by atoms with Gasteiger partial charge in [-0.05, 0) is 5.46 Å². The number of hydrogen-bond donors (Lipinski definition) is 5. The molecule has 0 fully saturated rings. The van der Waals surface area contributed by atoms with Crippen molar-refractivity contribution in [2.75, 3.05) is 0 Å². The fourth-order valence-electron chi connectivity index (χ4n) is 0.960. The van der Waals surface area contributed by atoms with Crippen LogP contribution in [0.1, 0.15) is 5.56 Å². The van der Waals surface area contributed by atoms with Crippen LogP contribution in [0, 0.1) is 0 Å². The Morgan fingerprint density at radius 1 is 1.29 bits per heavy atom. The van der Waals surface area contributed by atoms with Crippen LogP contribution in [0.25, 0.3) is 0 Å². The number of nitrogens with zero attached hydrogens (tertiary/aromatic N) is 1. The van der Waals surface area contributed by atoms with Gasteiger partial charge in [0.05, 0.1) is 0 Å². The smallest absolute Gasteiger partial charge is 0.423 e. The van der Waals surface area contributed by atoms with Crippen LogP contribution in [-0.2, 0) is 0 Å². The molecular formula is C7H11BN4O2. The molecule has 14 heavy (non-hydrogen) atoms. The molecule has 7 heteroatoms. The summed E-state index contributed by atoms with van der Waals surface area (Å²) in [6, 6.07) is 6.31. The highest BCUT2D eigenvalue weighted by atomic mass is 16.4. The highest BCUT2D eigenvalue weighted by Gasteiger charge is 2.10. The predicted octanol–water partition coefficient (Wildman–Crippen LogP) is -2.55. The SMILES string of the molecule is NN/N=C(\N)c1ccc(B(O)O)cc1. The lowest BCUT2D eigenvalue weighted by molar-refractivity contribution is 0.426. The Hall–Kier alpha value is -1.57. The first-order valence-corrected chi connectivity index (χ1v) is 3.90. The van der Waals surface area contributed by atoms with Crippen molar-refractivity contribution >= 4 is 18.4 Å². The van der Waals surface area contributed by atoms with Gasteiger partial charge in [0, 0.05) is 5.56 Å². The van der Waals surface area contributed by atoms with Gasteiger partial charge >= 0.3 is 7.12 Å². The van der Waals surface area contributed by atoms with Crippen LogP contribution in [-0.4, -0.2) is 23.0 Å². The van der Waals surface area contributed by atoms with E-state index in [1.54, 1.807) is 24.3 Å². The minimum atomic E-state index is -1.48. The number of benzene rings is 1. The van der Waals surface area contributed by atoms with Gasteiger partial charge in [0.25, 0.3) is 0 Å². The molecule has 0 heterocycles. The molecule has 1 aromatic carbocycles. The molecule has 1 rings (SSSR count). The van der Waals surface area contributed by atoms with E-state index in [4.69, 9.17) is 21.6 Å². The number of hydrogen-bond acceptors (Lipinski definition) is 5. The molecule has 0 aromatic heterocycles. The van der Waals surface area contributed by atoms with Crippen molar-refractivity contribution in [3.8, 4) is 0 Å². The van der Waals surface area contributed by atoms with E-state index < -0.39 is 7.12 Å². The second kappa shape index (κ2) is 4.61. The van der Waals surface area contributed by atoms with Gasteiger partial charge in [0.1, 0.15) is 0 Å². The van der Waals surface area contributed by atoms with Crippen molar-refractivity contribution in [2.24, 2.45) is 16.7 Å². The standard InChI is InChI=1S/C7H11BN4O2/c9-7(11-12-10)5-1-3-6(4-2-5)8(13)14/h1-4,12-14H,10H2,(H2,9,11). The van der Waals surface area contributed by atoms with Gasteiger partial charge < -0.3 is 15.8 Å². The van der Waals surface area contributed by atoms with Crippen LogP contribution in [0.3, 0.4) is 0 Å². The minimum absolute atomic E-state index is 0.228. The van der Waals surface area contributed by atoms with Gasteiger partial charge in [-0.2, -0.15) is 0 Å². The van der Waals surface area contributed by atoms with Gasteiger partial charge in [-0.15, -0.1) is 5.10 Å². The Morgan fingerprint density at radius 2 is 1.86 bits per heavy atom. The summed E-state index contributed by atoms with van der Waals surface area (Å²) in [6.07, 6.45) is 0. The molecule has 0 saturated carbocycles. The van der Waals surface area contributed by atoms with Crippen molar-refractivity contribution in [3.63, 3.8) is 0 Å². The van der Waals surface area contributed by atoms with Crippen molar-refractivity contribution in [1.82, 2.24) is 5.53 Å². The van der Waals surface area contributed by atoms with Crippen LogP contribution in [0.15, 0.2) is 29.4 Å². The predicted molar refractivity (Wildman–Crippen MR) is 54.3 cm³/mol. The normalized spacial score (nSPS) is 11.2. The summed E-state index contributed by atoms with van der Waals surface area (Å²) < 4.78 is 0. The summed E-state index contributed by atoms with van der Waals surface area (Å²) in [6.45, 7) is 0. The first kappa shape index (κ1) is 10.5. The largest absolute Gasteiger partial charge is 0.488 e. The molecule has 0 radical (unpaired) electrons. The van der Waals surface area contributed by atoms with Gasteiger partial charge in [0.2, 0.25) is 0 Å². The molecule has 0 amide bonds. The molecule has 0 aliphatic rings. The zero-order valence-electron chi connectivity index (χ0n) is 7.38. The Balaban J connectivity index is 2.88. The molecule has 7 N–H and O–H groups in total.